The Morgan fingerprint density at radius 3 is 2.83 bits per heavy atom. The van der Waals surface area contributed by atoms with Gasteiger partial charge in [0.25, 0.3) is 5.69 Å². The van der Waals surface area contributed by atoms with E-state index in [1.807, 2.05) is 0 Å². The molecule has 0 bridgehead atoms. The van der Waals surface area contributed by atoms with Crippen LogP contribution in [-0.4, -0.2) is 28.8 Å². The summed E-state index contributed by atoms with van der Waals surface area (Å²) in [6.07, 6.45) is 2.35. The van der Waals surface area contributed by atoms with Crippen molar-refractivity contribution in [2.45, 2.75) is 12.5 Å². The fraction of sp³-hybridized carbons (Fsp3) is 0.312. The highest BCUT2D eigenvalue weighted by Gasteiger charge is 2.21. The van der Waals surface area contributed by atoms with Gasteiger partial charge in [-0.2, -0.15) is 0 Å². The zero-order valence-electron chi connectivity index (χ0n) is 12.6. The maximum atomic E-state index is 11.5. The molecule has 0 saturated carbocycles. The van der Waals surface area contributed by atoms with E-state index >= 15 is 0 Å². The molecule has 1 aromatic heterocycles. The monoisotopic (exact) mass is 316 g/mol. The number of aryl methyl sites for hydroxylation is 1. The highest BCUT2D eigenvalue weighted by molar-refractivity contribution is 5.72. The third kappa shape index (κ3) is 3.24. The Labute approximate surface area is 132 Å². The van der Waals surface area contributed by atoms with E-state index in [0.717, 1.165) is 6.42 Å². The van der Waals surface area contributed by atoms with Gasteiger partial charge in [0.15, 0.2) is 0 Å². The van der Waals surface area contributed by atoms with E-state index in [1.165, 1.54) is 22.8 Å². The van der Waals surface area contributed by atoms with Gasteiger partial charge in [0.05, 0.1) is 18.1 Å². The third-order valence-corrected chi connectivity index (χ3v) is 3.75. The highest BCUT2D eigenvalue weighted by Crippen LogP contribution is 2.34. The molecule has 1 saturated heterocycles. The van der Waals surface area contributed by atoms with Gasteiger partial charge in [-0.1, -0.05) is 0 Å². The van der Waals surface area contributed by atoms with E-state index in [1.54, 1.807) is 25.4 Å². The smallest absolute Gasteiger partial charge is 0.270 e. The first-order chi connectivity index (χ1) is 11.0. The zero-order chi connectivity index (χ0) is 16.4. The van der Waals surface area contributed by atoms with E-state index < -0.39 is 4.92 Å². The van der Waals surface area contributed by atoms with Crippen LogP contribution in [0.5, 0.6) is 5.75 Å². The van der Waals surface area contributed by atoms with Crippen molar-refractivity contribution in [2.24, 2.45) is 7.05 Å². The largest absolute Gasteiger partial charge is 0.487 e. The molecule has 3 rings (SSSR count). The van der Waals surface area contributed by atoms with E-state index in [-0.39, 0.29) is 17.4 Å². The summed E-state index contributed by atoms with van der Waals surface area (Å²) in [5.74, 6) is 0.546. The first-order valence-corrected chi connectivity index (χ1v) is 7.24. The first kappa shape index (κ1) is 15.2. The van der Waals surface area contributed by atoms with Gasteiger partial charge < -0.3 is 14.0 Å². The lowest BCUT2D eigenvalue weighted by Crippen LogP contribution is -2.17. The van der Waals surface area contributed by atoms with Gasteiger partial charge >= 0.3 is 0 Å². The second kappa shape index (κ2) is 6.21. The van der Waals surface area contributed by atoms with Crippen LogP contribution in [0.15, 0.2) is 41.3 Å². The average molecular weight is 316 g/mol. The lowest BCUT2D eigenvalue weighted by Gasteiger charge is -2.16. The van der Waals surface area contributed by atoms with Crippen LogP contribution in [0.2, 0.25) is 0 Å². The summed E-state index contributed by atoms with van der Waals surface area (Å²) in [4.78, 5) is 22.1. The molecule has 23 heavy (non-hydrogen) atoms. The minimum atomic E-state index is -0.450. The summed E-state index contributed by atoms with van der Waals surface area (Å²) in [7, 11) is 1.63. The molecule has 0 radical (unpaired) electrons. The molecule has 1 aliphatic rings. The highest BCUT2D eigenvalue weighted by atomic mass is 16.6. The molecule has 7 nitrogen and oxygen atoms in total. The van der Waals surface area contributed by atoms with Crippen LogP contribution in [0, 0.1) is 10.1 Å². The number of pyridine rings is 1. The van der Waals surface area contributed by atoms with Gasteiger partial charge in [-0.3, -0.25) is 14.9 Å². The first-order valence-electron chi connectivity index (χ1n) is 7.24. The molecule has 1 aliphatic heterocycles. The number of benzene rings is 1. The van der Waals surface area contributed by atoms with Gasteiger partial charge in [-0.05, 0) is 12.1 Å². The van der Waals surface area contributed by atoms with Gasteiger partial charge in [0, 0.05) is 49.0 Å². The Morgan fingerprint density at radius 2 is 2.17 bits per heavy atom. The number of non-ortho nitro benzene ring substituents is 1. The normalized spacial score (nSPS) is 17.2. The quantitative estimate of drug-likeness (QED) is 0.637. The summed E-state index contributed by atoms with van der Waals surface area (Å²) < 4.78 is 12.7. The average Bonchev–Trinajstić information content (AvgIpc) is 3.03. The second-order valence-corrected chi connectivity index (χ2v) is 5.41. The number of nitrogens with zero attached hydrogens (tertiary/aromatic N) is 2. The van der Waals surface area contributed by atoms with E-state index in [2.05, 4.69) is 0 Å². The fourth-order valence-corrected chi connectivity index (χ4v) is 2.50. The Balaban J connectivity index is 2.05. The molecular weight excluding hydrogens is 300 g/mol. The molecule has 0 N–H and O–H groups in total. The number of ether oxygens (including phenoxy) is 2. The number of aromatic nitrogens is 1. The van der Waals surface area contributed by atoms with Gasteiger partial charge in [-0.25, -0.2) is 0 Å². The minimum Gasteiger partial charge on any atom is -0.487 e. The van der Waals surface area contributed by atoms with Gasteiger partial charge in [0.2, 0.25) is 5.56 Å². The van der Waals surface area contributed by atoms with E-state index in [4.69, 9.17) is 9.47 Å². The van der Waals surface area contributed by atoms with E-state index in [0.29, 0.717) is 30.1 Å². The van der Waals surface area contributed by atoms with Crippen molar-refractivity contribution >= 4 is 5.69 Å². The van der Waals surface area contributed by atoms with Crippen LogP contribution < -0.4 is 10.3 Å². The molecule has 0 spiro atoms. The molecule has 2 heterocycles. The van der Waals surface area contributed by atoms with Crippen molar-refractivity contribution in [1.29, 1.82) is 0 Å². The molecule has 0 amide bonds. The predicted molar refractivity (Wildman–Crippen MR) is 83.6 cm³/mol. The number of nitro groups is 1. The summed E-state index contributed by atoms with van der Waals surface area (Å²) in [6.45, 7) is 1.15. The van der Waals surface area contributed by atoms with Crippen LogP contribution in [0.3, 0.4) is 0 Å². The maximum absolute atomic E-state index is 11.5. The SMILES string of the molecule is Cn1cc(-c2cc([N+](=O)[O-])ccc2OC2CCOC2)ccc1=O. The van der Waals surface area contributed by atoms with Crippen molar-refractivity contribution in [3.8, 4) is 16.9 Å². The Hall–Kier alpha value is -2.67. The van der Waals surface area contributed by atoms with Crippen molar-refractivity contribution in [1.82, 2.24) is 4.57 Å². The second-order valence-electron chi connectivity index (χ2n) is 5.41. The molecule has 2 aromatic rings. The summed E-state index contributed by atoms with van der Waals surface area (Å²) in [5, 5.41) is 11.1. The molecule has 0 aliphatic carbocycles. The summed E-state index contributed by atoms with van der Waals surface area (Å²) in [6, 6.07) is 7.54. The van der Waals surface area contributed by atoms with Crippen LogP contribution in [0.1, 0.15) is 6.42 Å². The lowest BCUT2D eigenvalue weighted by atomic mass is 10.1. The molecule has 120 valence electrons. The standard InChI is InChI=1S/C16H16N2O5/c1-17-9-11(2-5-16(17)19)14-8-12(18(20)21)3-4-15(14)23-13-6-7-22-10-13/h2-5,8-9,13H,6-7,10H2,1H3. The maximum Gasteiger partial charge on any atom is 0.270 e. The topological polar surface area (TPSA) is 83.6 Å². The van der Waals surface area contributed by atoms with E-state index in [9.17, 15) is 14.9 Å². The molecule has 1 atom stereocenters. The fourth-order valence-electron chi connectivity index (χ4n) is 2.50. The molecular formula is C16H16N2O5. The van der Waals surface area contributed by atoms with Crippen LogP contribution in [-0.2, 0) is 11.8 Å². The number of hydrogen-bond donors (Lipinski definition) is 0. The number of rotatable bonds is 4. The van der Waals surface area contributed by atoms with Crippen molar-refractivity contribution in [2.75, 3.05) is 13.2 Å². The lowest BCUT2D eigenvalue weighted by molar-refractivity contribution is -0.384. The van der Waals surface area contributed by atoms with Crippen molar-refractivity contribution < 1.29 is 14.4 Å². The molecule has 1 fully saturated rings. The predicted octanol–water partition coefficient (Wildman–Crippen LogP) is 2.13. The molecule has 7 heteroatoms. The number of hydrogen-bond acceptors (Lipinski definition) is 5. The van der Waals surface area contributed by atoms with Gasteiger partial charge in [0.1, 0.15) is 11.9 Å². The summed E-state index contributed by atoms with van der Waals surface area (Å²) in [5.41, 5.74) is 1.10. The zero-order valence-corrected chi connectivity index (χ0v) is 12.6. The van der Waals surface area contributed by atoms with Crippen LogP contribution in [0.4, 0.5) is 5.69 Å². The Bertz CT molecular complexity index is 793. The van der Waals surface area contributed by atoms with Crippen molar-refractivity contribution in [3.63, 3.8) is 0 Å². The minimum absolute atomic E-state index is 0.0242. The Kier molecular flexibility index (Phi) is 4.12. The van der Waals surface area contributed by atoms with Crippen LogP contribution >= 0.6 is 0 Å². The van der Waals surface area contributed by atoms with Crippen molar-refractivity contribution in [3.05, 3.63) is 57.0 Å². The summed E-state index contributed by atoms with van der Waals surface area (Å²) >= 11 is 0. The Morgan fingerprint density at radius 1 is 1.35 bits per heavy atom. The number of nitro benzene ring substituents is 1. The van der Waals surface area contributed by atoms with Gasteiger partial charge in [-0.15, -0.1) is 0 Å². The molecule has 1 unspecified atom stereocenters. The third-order valence-electron chi connectivity index (χ3n) is 3.75. The van der Waals surface area contributed by atoms with Crippen LogP contribution in [0.25, 0.3) is 11.1 Å². The molecule has 1 aromatic carbocycles.